The monoisotopic (exact) mass is 200 g/mol. The van der Waals surface area contributed by atoms with Gasteiger partial charge in [-0.25, -0.2) is 0 Å². The van der Waals surface area contributed by atoms with E-state index in [0.29, 0.717) is 0 Å². The van der Waals surface area contributed by atoms with Gasteiger partial charge in [0.1, 0.15) is 0 Å². The zero-order chi connectivity index (χ0) is 10.7. The van der Waals surface area contributed by atoms with Crippen LogP contribution in [0.3, 0.4) is 0 Å². The molecule has 1 heterocycles. The lowest BCUT2D eigenvalue weighted by Gasteiger charge is -2.26. The van der Waals surface area contributed by atoms with Crippen molar-refractivity contribution in [1.82, 2.24) is 10.2 Å². The summed E-state index contributed by atoms with van der Waals surface area (Å²) in [5.74, 6) is -1.43. The Hall–Kier alpha value is -1.47. The third kappa shape index (κ3) is 2.79. The second-order valence-corrected chi connectivity index (χ2v) is 3.15. The van der Waals surface area contributed by atoms with E-state index < -0.39 is 23.8 Å². The van der Waals surface area contributed by atoms with Crippen molar-refractivity contribution in [3.8, 4) is 0 Å². The Morgan fingerprint density at radius 3 is 2.36 bits per heavy atom. The van der Waals surface area contributed by atoms with Crippen LogP contribution in [0.5, 0.6) is 0 Å². The summed E-state index contributed by atoms with van der Waals surface area (Å²) in [5.41, 5.74) is 10.3. The number of piperazine rings is 1. The van der Waals surface area contributed by atoms with E-state index in [9.17, 15) is 14.4 Å². The van der Waals surface area contributed by atoms with E-state index in [1.807, 2.05) is 0 Å². The lowest BCUT2D eigenvalue weighted by Crippen LogP contribution is -2.55. The summed E-state index contributed by atoms with van der Waals surface area (Å²) in [4.78, 5) is 33.9. The van der Waals surface area contributed by atoms with Crippen molar-refractivity contribution in [2.45, 2.75) is 6.04 Å². The first-order valence-corrected chi connectivity index (χ1v) is 4.09. The highest BCUT2D eigenvalue weighted by Gasteiger charge is 2.24. The molecule has 3 amide bonds. The number of hydrogen-bond acceptors (Lipinski definition) is 5. The Labute approximate surface area is 80.4 Å². The molecule has 0 radical (unpaired) electrons. The molecule has 14 heavy (non-hydrogen) atoms. The van der Waals surface area contributed by atoms with Crippen LogP contribution < -0.4 is 16.8 Å². The summed E-state index contributed by atoms with van der Waals surface area (Å²) >= 11 is 0. The Bertz CT molecular complexity index is 262. The third-order valence-electron chi connectivity index (χ3n) is 1.83. The fraction of sp³-hybridized carbons (Fsp3) is 0.571. The molecule has 1 unspecified atom stereocenters. The minimum absolute atomic E-state index is 0.0622. The first-order valence-electron chi connectivity index (χ1n) is 4.09. The summed E-state index contributed by atoms with van der Waals surface area (Å²) in [6, 6.07) is -0.853. The molecule has 1 fully saturated rings. The second kappa shape index (κ2) is 4.16. The average molecular weight is 200 g/mol. The van der Waals surface area contributed by atoms with Gasteiger partial charge in [-0.3, -0.25) is 24.6 Å². The van der Waals surface area contributed by atoms with Crippen molar-refractivity contribution in [1.29, 1.82) is 0 Å². The van der Waals surface area contributed by atoms with Crippen molar-refractivity contribution in [2.75, 3.05) is 19.6 Å². The number of hydrogen-bond donors (Lipinski definition) is 3. The van der Waals surface area contributed by atoms with Crippen molar-refractivity contribution >= 4 is 17.7 Å². The molecule has 0 aromatic heterocycles. The van der Waals surface area contributed by atoms with Crippen LogP contribution in [-0.4, -0.2) is 48.3 Å². The third-order valence-corrected chi connectivity index (χ3v) is 1.83. The molecule has 1 atom stereocenters. The number of amides is 3. The summed E-state index contributed by atoms with van der Waals surface area (Å²) in [7, 11) is 0. The van der Waals surface area contributed by atoms with E-state index >= 15 is 0 Å². The van der Waals surface area contributed by atoms with Crippen molar-refractivity contribution in [3.05, 3.63) is 0 Å². The minimum Gasteiger partial charge on any atom is -0.368 e. The van der Waals surface area contributed by atoms with E-state index in [1.165, 1.54) is 4.90 Å². The molecular formula is C7H12N4O3. The second-order valence-electron chi connectivity index (χ2n) is 3.15. The molecule has 78 valence electrons. The lowest BCUT2D eigenvalue weighted by molar-refractivity contribution is -0.136. The molecular weight excluding hydrogens is 188 g/mol. The summed E-state index contributed by atoms with van der Waals surface area (Å²) in [6.45, 7) is 0.244. The largest absolute Gasteiger partial charge is 0.368 e. The molecule has 0 aromatic carbocycles. The lowest BCUT2D eigenvalue weighted by atomic mass is 10.2. The molecule has 0 bridgehead atoms. The molecule has 0 aliphatic carbocycles. The maximum Gasteiger partial charge on any atom is 0.240 e. The molecule has 0 saturated carbocycles. The molecule has 1 aliphatic rings. The van der Waals surface area contributed by atoms with E-state index in [0.717, 1.165) is 0 Å². The fourth-order valence-electron chi connectivity index (χ4n) is 1.19. The van der Waals surface area contributed by atoms with Gasteiger partial charge in [-0.05, 0) is 0 Å². The SMILES string of the molecule is NC(=O)C(N)CN1CC(=O)NC(=O)C1. The number of primary amides is 1. The van der Waals surface area contributed by atoms with Crippen LogP contribution in [0.15, 0.2) is 0 Å². The Morgan fingerprint density at radius 2 is 1.93 bits per heavy atom. The number of imide groups is 1. The highest BCUT2D eigenvalue weighted by atomic mass is 16.2. The summed E-state index contributed by atoms with van der Waals surface area (Å²) in [5, 5.41) is 2.14. The molecule has 1 rings (SSSR count). The molecule has 7 nitrogen and oxygen atoms in total. The quantitative estimate of drug-likeness (QED) is 0.413. The van der Waals surface area contributed by atoms with Crippen molar-refractivity contribution < 1.29 is 14.4 Å². The van der Waals surface area contributed by atoms with Crippen LogP contribution in [0.1, 0.15) is 0 Å². The van der Waals surface area contributed by atoms with Gasteiger partial charge >= 0.3 is 0 Å². The van der Waals surface area contributed by atoms with Gasteiger partial charge < -0.3 is 11.5 Å². The number of nitrogens with one attached hydrogen (secondary N) is 1. The van der Waals surface area contributed by atoms with E-state index in [-0.39, 0.29) is 19.6 Å². The minimum atomic E-state index is -0.853. The number of carbonyl (C=O) groups excluding carboxylic acids is 3. The standard InChI is InChI=1S/C7H12N4O3/c8-4(7(9)14)1-11-2-5(12)10-6(13)3-11/h4H,1-3,8H2,(H2,9,14)(H,10,12,13). The van der Waals surface area contributed by atoms with Gasteiger partial charge in [-0.1, -0.05) is 0 Å². The Morgan fingerprint density at radius 1 is 1.43 bits per heavy atom. The van der Waals surface area contributed by atoms with E-state index in [4.69, 9.17) is 11.5 Å². The van der Waals surface area contributed by atoms with Gasteiger partial charge in [-0.15, -0.1) is 0 Å². The number of nitrogens with two attached hydrogens (primary N) is 2. The zero-order valence-electron chi connectivity index (χ0n) is 7.53. The molecule has 0 aromatic rings. The maximum absolute atomic E-state index is 10.9. The van der Waals surface area contributed by atoms with E-state index in [2.05, 4.69) is 5.32 Å². The highest BCUT2D eigenvalue weighted by Crippen LogP contribution is 1.95. The van der Waals surface area contributed by atoms with E-state index in [1.54, 1.807) is 0 Å². The molecule has 1 aliphatic heterocycles. The predicted molar refractivity (Wildman–Crippen MR) is 46.8 cm³/mol. The number of carbonyl (C=O) groups is 3. The van der Waals surface area contributed by atoms with Crippen LogP contribution in [0.4, 0.5) is 0 Å². The molecule has 7 heteroatoms. The first-order chi connectivity index (χ1) is 6.49. The molecule has 5 N–H and O–H groups in total. The van der Waals surface area contributed by atoms with Gasteiger partial charge in [0.2, 0.25) is 17.7 Å². The number of rotatable bonds is 3. The van der Waals surface area contributed by atoms with Crippen LogP contribution in [0, 0.1) is 0 Å². The van der Waals surface area contributed by atoms with Gasteiger partial charge in [0.05, 0.1) is 19.1 Å². The van der Waals surface area contributed by atoms with Crippen LogP contribution in [-0.2, 0) is 14.4 Å². The summed E-state index contributed by atoms with van der Waals surface area (Å²) in [6.07, 6.45) is 0. The van der Waals surface area contributed by atoms with Crippen LogP contribution in [0.2, 0.25) is 0 Å². The topological polar surface area (TPSA) is 119 Å². The van der Waals surface area contributed by atoms with Gasteiger partial charge in [0.25, 0.3) is 0 Å². The van der Waals surface area contributed by atoms with Crippen LogP contribution >= 0.6 is 0 Å². The first kappa shape index (κ1) is 10.6. The zero-order valence-corrected chi connectivity index (χ0v) is 7.53. The van der Waals surface area contributed by atoms with Gasteiger partial charge in [-0.2, -0.15) is 0 Å². The normalized spacial score (nSPS) is 20.4. The van der Waals surface area contributed by atoms with Gasteiger partial charge in [0.15, 0.2) is 0 Å². The Kier molecular flexibility index (Phi) is 3.15. The summed E-state index contributed by atoms with van der Waals surface area (Å²) < 4.78 is 0. The highest BCUT2D eigenvalue weighted by molar-refractivity contribution is 5.99. The molecule has 0 spiro atoms. The van der Waals surface area contributed by atoms with Crippen molar-refractivity contribution in [2.24, 2.45) is 11.5 Å². The maximum atomic E-state index is 10.9. The van der Waals surface area contributed by atoms with Gasteiger partial charge in [0, 0.05) is 6.54 Å². The predicted octanol–water partition coefficient (Wildman–Crippen LogP) is -3.24. The average Bonchev–Trinajstić information content (AvgIpc) is 2.01. The number of nitrogens with zero attached hydrogens (tertiary/aromatic N) is 1. The fourth-order valence-corrected chi connectivity index (χ4v) is 1.19. The van der Waals surface area contributed by atoms with Crippen molar-refractivity contribution in [3.63, 3.8) is 0 Å². The Balaban J connectivity index is 2.48. The smallest absolute Gasteiger partial charge is 0.240 e. The molecule has 1 saturated heterocycles. The van der Waals surface area contributed by atoms with Crippen LogP contribution in [0.25, 0.3) is 0 Å².